The normalized spacial score (nSPS) is 11.1. The van der Waals surface area contributed by atoms with Gasteiger partial charge in [-0.1, -0.05) is 23.7 Å². The first-order valence-electron chi connectivity index (χ1n) is 8.72. The first kappa shape index (κ1) is 22.5. The Morgan fingerprint density at radius 2 is 1.86 bits per heavy atom. The van der Waals surface area contributed by atoms with Crippen LogP contribution in [0.2, 0.25) is 5.02 Å². The lowest BCUT2D eigenvalue weighted by Crippen LogP contribution is -2.38. The van der Waals surface area contributed by atoms with Crippen molar-refractivity contribution in [3.05, 3.63) is 52.7 Å². The van der Waals surface area contributed by atoms with E-state index in [1.54, 1.807) is 13.8 Å². The second kappa shape index (κ2) is 9.60. The van der Waals surface area contributed by atoms with Crippen LogP contribution in [0.25, 0.3) is 0 Å². The van der Waals surface area contributed by atoms with Gasteiger partial charge in [0.2, 0.25) is 11.8 Å². The summed E-state index contributed by atoms with van der Waals surface area (Å²) >= 11 is 6.04. The Labute approximate surface area is 170 Å². The molecule has 1 aromatic heterocycles. The smallest absolute Gasteiger partial charge is 0.418 e. The average molecular weight is 430 g/mol. The van der Waals surface area contributed by atoms with E-state index < -0.39 is 30.1 Å². The summed E-state index contributed by atoms with van der Waals surface area (Å²) in [4.78, 5) is 30.2. The molecule has 0 saturated carbocycles. The van der Waals surface area contributed by atoms with Gasteiger partial charge in [-0.25, -0.2) is 4.98 Å². The Morgan fingerprint density at radius 3 is 2.48 bits per heavy atom. The molecule has 0 bridgehead atoms. The van der Waals surface area contributed by atoms with Gasteiger partial charge in [0, 0.05) is 12.6 Å². The van der Waals surface area contributed by atoms with E-state index in [2.05, 4.69) is 10.3 Å². The van der Waals surface area contributed by atoms with Crippen LogP contribution in [-0.2, 0) is 11.0 Å². The van der Waals surface area contributed by atoms with Gasteiger partial charge in [0.1, 0.15) is 6.54 Å². The molecule has 0 saturated heterocycles. The number of likely N-dealkylation sites (N-methyl/N-ethyl adjacent to an activating group) is 1. The van der Waals surface area contributed by atoms with Crippen LogP contribution >= 0.6 is 11.6 Å². The Morgan fingerprint density at radius 1 is 1.17 bits per heavy atom. The van der Waals surface area contributed by atoms with Crippen molar-refractivity contribution in [3.8, 4) is 5.88 Å². The molecule has 1 aromatic carbocycles. The van der Waals surface area contributed by atoms with Gasteiger partial charge < -0.3 is 15.0 Å². The number of hydrogen-bond acceptors (Lipinski definition) is 4. The number of benzene rings is 1. The molecule has 0 radical (unpaired) electrons. The molecule has 29 heavy (non-hydrogen) atoms. The van der Waals surface area contributed by atoms with Crippen LogP contribution in [0.4, 0.5) is 18.9 Å². The zero-order valence-corrected chi connectivity index (χ0v) is 16.5. The number of aromatic nitrogens is 1. The number of hydrogen-bond donors (Lipinski definition) is 1. The summed E-state index contributed by atoms with van der Waals surface area (Å²) in [5.74, 6) is -1.23. The van der Waals surface area contributed by atoms with Crippen molar-refractivity contribution in [2.24, 2.45) is 0 Å². The molecule has 0 atom stereocenters. The Balaban J connectivity index is 2.17. The van der Waals surface area contributed by atoms with Crippen LogP contribution < -0.4 is 10.1 Å². The van der Waals surface area contributed by atoms with Crippen molar-refractivity contribution in [3.63, 3.8) is 0 Å². The summed E-state index contributed by atoms with van der Waals surface area (Å²) in [6.45, 7) is 3.34. The molecular weight excluding hydrogens is 411 g/mol. The third-order valence-corrected chi connectivity index (χ3v) is 4.13. The fourth-order valence-electron chi connectivity index (χ4n) is 2.48. The Kier molecular flexibility index (Phi) is 7.44. The quantitative estimate of drug-likeness (QED) is 0.714. The number of carbonyl (C=O) groups excluding carboxylic acids is 2. The molecule has 0 aliphatic carbocycles. The number of para-hydroxylation sites is 1. The molecule has 2 rings (SSSR count). The minimum absolute atomic E-state index is 0.0692. The van der Waals surface area contributed by atoms with E-state index in [-0.39, 0.29) is 28.8 Å². The highest BCUT2D eigenvalue weighted by atomic mass is 35.5. The van der Waals surface area contributed by atoms with Gasteiger partial charge in [-0.15, -0.1) is 0 Å². The topological polar surface area (TPSA) is 71.5 Å². The number of anilines is 1. The monoisotopic (exact) mass is 429 g/mol. The molecule has 0 aliphatic rings. The molecule has 6 nitrogen and oxygen atoms in total. The number of amides is 2. The largest absolute Gasteiger partial charge is 0.478 e. The van der Waals surface area contributed by atoms with E-state index in [1.165, 1.54) is 24.3 Å². The lowest BCUT2D eigenvalue weighted by molar-refractivity contribution is -0.137. The molecule has 0 fully saturated rings. The number of halogens is 4. The van der Waals surface area contributed by atoms with Gasteiger partial charge in [-0.3, -0.25) is 9.59 Å². The van der Waals surface area contributed by atoms with E-state index in [9.17, 15) is 22.8 Å². The highest BCUT2D eigenvalue weighted by Gasteiger charge is 2.33. The summed E-state index contributed by atoms with van der Waals surface area (Å²) in [5, 5.41) is 2.27. The predicted octanol–water partition coefficient (Wildman–Crippen LogP) is 4.25. The average Bonchev–Trinajstić information content (AvgIpc) is 2.67. The zero-order chi connectivity index (χ0) is 21.6. The van der Waals surface area contributed by atoms with Crippen molar-refractivity contribution >= 4 is 29.1 Å². The SMILES string of the molecule is CCOc1ccc(Cl)c(C(=O)N(CC)CC(=O)Nc2ccccc2C(F)(F)F)n1. The Bertz CT molecular complexity index is 890. The van der Waals surface area contributed by atoms with Crippen molar-refractivity contribution in [1.82, 2.24) is 9.88 Å². The zero-order valence-electron chi connectivity index (χ0n) is 15.7. The number of rotatable bonds is 7. The summed E-state index contributed by atoms with van der Waals surface area (Å²) in [5.41, 5.74) is -1.47. The summed E-state index contributed by atoms with van der Waals surface area (Å²) < 4.78 is 44.5. The maximum atomic E-state index is 13.1. The summed E-state index contributed by atoms with van der Waals surface area (Å²) in [7, 11) is 0. The van der Waals surface area contributed by atoms with Crippen LogP contribution in [0.1, 0.15) is 29.9 Å². The highest BCUT2D eigenvalue weighted by Crippen LogP contribution is 2.34. The third kappa shape index (κ3) is 5.83. The second-order valence-corrected chi connectivity index (χ2v) is 6.23. The number of carbonyl (C=O) groups is 2. The summed E-state index contributed by atoms with van der Waals surface area (Å²) in [6.07, 6.45) is -4.62. The molecule has 1 heterocycles. The molecule has 0 spiro atoms. The first-order chi connectivity index (χ1) is 13.7. The molecule has 1 N–H and O–H groups in total. The molecule has 0 unspecified atom stereocenters. The molecular formula is C19H19ClF3N3O3. The number of alkyl halides is 3. The van der Waals surface area contributed by atoms with Crippen LogP contribution in [0.3, 0.4) is 0 Å². The standard InChI is InChI=1S/C19H19ClF3N3O3/c1-3-26(18(28)17-13(20)9-10-16(25-17)29-4-2)11-15(27)24-14-8-6-5-7-12(14)19(21,22)23/h5-10H,3-4,11H2,1-2H3,(H,24,27). The lowest BCUT2D eigenvalue weighted by atomic mass is 10.1. The van der Waals surface area contributed by atoms with Crippen molar-refractivity contribution in [1.29, 1.82) is 0 Å². The maximum Gasteiger partial charge on any atom is 0.418 e. The molecule has 2 amide bonds. The lowest BCUT2D eigenvalue weighted by Gasteiger charge is -2.21. The first-order valence-corrected chi connectivity index (χ1v) is 9.09. The van der Waals surface area contributed by atoms with E-state index in [4.69, 9.17) is 16.3 Å². The fourth-order valence-corrected chi connectivity index (χ4v) is 2.67. The number of ether oxygens (including phenoxy) is 1. The second-order valence-electron chi connectivity index (χ2n) is 5.82. The number of nitrogens with zero attached hydrogens (tertiary/aromatic N) is 2. The van der Waals surface area contributed by atoms with Crippen LogP contribution in [0, 0.1) is 0 Å². The van der Waals surface area contributed by atoms with Gasteiger partial charge in [-0.05, 0) is 32.0 Å². The van der Waals surface area contributed by atoms with E-state index in [0.29, 0.717) is 6.61 Å². The van der Waals surface area contributed by atoms with E-state index >= 15 is 0 Å². The van der Waals surface area contributed by atoms with E-state index in [0.717, 1.165) is 17.0 Å². The molecule has 2 aromatic rings. The van der Waals surface area contributed by atoms with E-state index in [1.807, 2.05) is 0 Å². The minimum Gasteiger partial charge on any atom is -0.478 e. The van der Waals surface area contributed by atoms with Crippen LogP contribution in [0.5, 0.6) is 5.88 Å². The number of nitrogens with one attached hydrogen (secondary N) is 1. The van der Waals surface area contributed by atoms with Gasteiger partial charge in [0.25, 0.3) is 5.91 Å². The van der Waals surface area contributed by atoms with Gasteiger partial charge >= 0.3 is 6.18 Å². The molecule has 0 aliphatic heterocycles. The van der Waals surface area contributed by atoms with Gasteiger partial charge in [0.05, 0.1) is 22.9 Å². The van der Waals surface area contributed by atoms with Crippen LogP contribution in [-0.4, -0.2) is 41.4 Å². The maximum absolute atomic E-state index is 13.1. The molecule has 156 valence electrons. The number of pyridine rings is 1. The minimum atomic E-state index is -4.62. The third-order valence-electron chi connectivity index (χ3n) is 3.83. The van der Waals surface area contributed by atoms with Crippen molar-refractivity contribution < 1.29 is 27.5 Å². The van der Waals surface area contributed by atoms with Gasteiger partial charge in [-0.2, -0.15) is 13.2 Å². The fraction of sp³-hybridized carbons (Fsp3) is 0.316. The van der Waals surface area contributed by atoms with Crippen molar-refractivity contribution in [2.75, 3.05) is 25.0 Å². The highest BCUT2D eigenvalue weighted by molar-refractivity contribution is 6.33. The van der Waals surface area contributed by atoms with Gasteiger partial charge in [0.15, 0.2) is 5.69 Å². The van der Waals surface area contributed by atoms with Crippen LogP contribution in [0.15, 0.2) is 36.4 Å². The van der Waals surface area contributed by atoms with Crippen molar-refractivity contribution in [2.45, 2.75) is 20.0 Å². The predicted molar refractivity (Wildman–Crippen MR) is 102 cm³/mol. The summed E-state index contributed by atoms with van der Waals surface area (Å²) in [6, 6.07) is 7.54. The Hall–Kier alpha value is -2.81. The molecule has 10 heteroatoms.